The maximum absolute atomic E-state index is 12.2. The van der Waals surface area contributed by atoms with Gasteiger partial charge in [0.05, 0.1) is 4.21 Å². The van der Waals surface area contributed by atoms with E-state index in [1.807, 2.05) is 50.8 Å². The third-order valence-electron chi connectivity index (χ3n) is 3.72. The number of carbonyl (C=O) groups excluding carboxylic acids is 1. The fraction of sp³-hybridized carbons (Fsp3) is 0.706. The molecule has 0 bridgehead atoms. The average molecular weight is 357 g/mol. The molecule has 0 radical (unpaired) electrons. The van der Waals surface area contributed by atoms with Gasteiger partial charge in [0.15, 0.2) is 0 Å². The predicted molar refractivity (Wildman–Crippen MR) is 98.5 cm³/mol. The molecule has 0 saturated heterocycles. The maximum Gasteiger partial charge on any atom is 0.410 e. The van der Waals surface area contributed by atoms with Crippen LogP contribution in [0.2, 0.25) is 0 Å². The molecule has 6 heteroatoms. The van der Waals surface area contributed by atoms with Crippen LogP contribution in [0.15, 0.2) is 15.7 Å². The van der Waals surface area contributed by atoms with Crippen molar-refractivity contribution >= 4 is 29.2 Å². The molecule has 0 aromatic carbocycles. The van der Waals surface area contributed by atoms with E-state index >= 15 is 0 Å². The molecule has 1 amide bonds. The van der Waals surface area contributed by atoms with Crippen LogP contribution in [0.3, 0.4) is 0 Å². The molecule has 1 aliphatic rings. The van der Waals surface area contributed by atoms with E-state index in [9.17, 15) is 4.79 Å². The van der Waals surface area contributed by atoms with Gasteiger partial charge in [0.25, 0.3) is 0 Å². The third-order valence-corrected chi connectivity index (χ3v) is 6.06. The highest BCUT2D eigenvalue weighted by Gasteiger charge is 2.26. The van der Waals surface area contributed by atoms with Crippen LogP contribution in [-0.2, 0) is 4.74 Å². The van der Waals surface area contributed by atoms with Gasteiger partial charge < -0.3 is 15.0 Å². The molecule has 1 aromatic heterocycles. The van der Waals surface area contributed by atoms with Crippen molar-refractivity contribution in [3.63, 3.8) is 0 Å². The number of nitrogens with one attached hydrogen (secondary N) is 1. The van der Waals surface area contributed by atoms with Gasteiger partial charge in [-0.2, -0.15) is 0 Å². The number of hydrogen-bond donors (Lipinski definition) is 1. The fourth-order valence-corrected chi connectivity index (χ4v) is 5.19. The summed E-state index contributed by atoms with van der Waals surface area (Å²) in [7, 11) is 0. The van der Waals surface area contributed by atoms with Crippen LogP contribution in [0.25, 0.3) is 0 Å². The van der Waals surface area contributed by atoms with Crippen molar-refractivity contribution in [1.82, 2.24) is 10.2 Å². The van der Waals surface area contributed by atoms with E-state index in [2.05, 4.69) is 23.7 Å². The van der Waals surface area contributed by atoms with Gasteiger partial charge in [-0.25, -0.2) is 4.79 Å². The SMILES string of the molecule is CCN(CCNC1C[C@H](C)Sc2sccc21)C(=O)OC(C)(C)C. The Morgan fingerprint density at radius 3 is 2.87 bits per heavy atom. The van der Waals surface area contributed by atoms with E-state index in [0.717, 1.165) is 13.0 Å². The standard InChI is InChI=1S/C17H28N2O2S2/c1-6-19(16(20)21-17(3,4)5)9-8-18-14-11-12(2)23-15-13(14)7-10-22-15/h7,10,12,14,18H,6,8-9,11H2,1-5H3/t12-,14?/m0/s1. The minimum absolute atomic E-state index is 0.231. The maximum atomic E-state index is 12.2. The second kappa shape index (κ2) is 7.90. The van der Waals surface area contributed by atoms with Gasteiger partial charge in [-0.15, -0.1) is 23.1 Å². The lowest BCUT2D eigenvalue weighted by Gasteiger charge is -2.30. The summed E-state index contributed by atoms with van der Waals surface area (Å²) < 4.78 is 6.88. The molecular weight excluding hydrogens is 328 g/mol. The lowest BCUT2D eigenvalue weighted by Crippen LogP contribution is -2.41. The lowest BCUT2D eigenvalue weighted by atomic mass is 10.0. The number of hydrogen-bond acceptors (Lipinski definition) is 5. The van der Waals surface area contributed by atoms with Gasteiger partial charge in [-0.1, -0.05) is 6.92 Å². The molecule has 0 saturated carbocycles. The average Bonchev–Trinajstić information content (AvgIpc) is 2.89. The van der Waals surface area contributed by atoms with E-state index in [1.165, 1.54) is 9.77 Å². The van der Waals surface area contributed by atoms with E-state index in [4.69, 9.17) is 4.74 Å². The number of rotatable bonds is 5. The Hall–Kier alpha value is -0.720. The summed E-state index contributed by atoms with van der Waals surface area (Å²) in [5.74, 6) is 0. The number of thioether (sulfide) groups is 1. The van der Waals surface area contributed by atoms with Gasteiger partial charge >= 0.3 is 6.09 Å². The quantitative estimate of drug-likeness (QED) is 0.842. The first-order valence-corrected chi connectivity index (χ1v) is 10.0. The fourth-order valence-electron chi connectivity index (χ4n) is 2.62. The summed E-state index contributed by atoms with van der Waals surface area (Å²) in [6, 6.07) is 2.62. The van der Waals surface area contributed by atoms with Crippen molar-refractivity contribution in [1.29, 1.82) is 0 Å². The summed E-state index contributed by atoms with van der Waals surface area (Å²) in [4.78, 5) is 13.9. The Kier molecular flexibility index (Phi) is 6.40. The van der Waals surface area contributed by atoms with Crippen molar-refractivity contribution in [3.05, 3.63) is 17.0 Å². The Labute approximate surface area is 148 Å². The van der Waals surface area contributed by atoms with E-state index < -0.39 is 5.60 Å². The largest absolute Gasteiger partial charge is 0.444 e. The normalized spacial score (nSPS) is 20.9. The van der Waals surface area contributed by atoms with Crippen LogP contribution < -0.4 is 5.32 Å². The second-order valence-corrected chi connectivity index (χ2v) is 9.52. The minimum atomic E-state index is -0.445. The third kappa shape index (κ3) is 5.40. The Bertz CT molecular complexity index is 525. The molecule has 23 heavy (non-hydrogen) atoms. The highest BCUT2D eigenvalue weighted by atomic mass is 32.2. The molecule has 1 N–H and O–H groups in total. The number of carbonyl (C=O) groups is 1. The molecule has 4 nitrogen and oxygen atoms in total. The van der Waals surface area contributed by atoms with Crippen molar-refractivity contribution in [3.8, 4) is 0 Å². The highest BCUT2D eigenvalue weighted by molar-refractivity contribution is 8.01. The number of nitrogens with zero attached hydrogens (tertiary/aromatic N) is 1. The summed E-state index contributed by atoms with van der Waals surface area (Å²) in [5.41, 5.74) is 0.970. The summed E-state index contributed by atoms with van der Waals surface area (Å²) in [6.07, 6.45) is 0.901. The molecule has 1 aliphatic heterocycles. The van der Waals surface area contributed by atoms with Crippen LogP contribution >= 0.6 is 23.1 Å². The monoisotopic (exact) mass is 356 g/mol. The van der Waals surface area contributed by atoms with Crippen LogP contribution in [-0.4, -0.2) is 41.5 Å². The van der Waals surface area contributed by atoms with E-state index in [-0.39, 0.29) is 6.09 Å². The molecule has 0 aliphatic carbocycles. The smallest absolute Gasteiger partial charge is 0.410 e. The molecule has 2 heterocycles. The zero-order valence-corrected chi connectivity index (χ0v) is 16.4. The topological polar surface area (TPSA) is 41.6 Å². The van der Waals surface area contributed by atoms with E-state index in [1.54, 1.807) is 4.90 Å². The minimum Gasteiger partial charge on any atom is -0.444 e. The summed E-state index contributed by atoms with van der Waals surface area (Å²) in [6.45, 7) is 12.1. The summed E-state index contributed by atoms with van der Waals surface area (Å²) >= 11 is 3.80. The van der Waals surface area contributed by atoms with Crippen LogP contribution in [0, 0.1) is 0 Å². The molecular formula is C17H28N2O2S2. The summed E-state index contributed by atoms with van der Waals surface area (Å²) in [5, 5.41) is 6.42. The molecule has 1 unspecified atom stereocenters. The lowest BCUT2D eigenvalue weighted by molar-refractivity contribution is 0.0261. The number of fused-ring (bicyclic) bond motifs is 1. The van der Waals surface area contributed by atoms with Crippen molar-refractivity contribution in [2.24, 2.45) is 0 Å². The van der Waals surface area contributed by atoms with Crippen molar-refractivity contribution < 1.29 is 9.53 Å². The van der Waals surface area contributed by atoms with Gasteiger partial charge in [0.1, 0.15) is 5.60 Å². The second-order valence-electron chi connectivity index (χ2n) is 6.89. The molecule has 0 fully saturated rings. The predicted octanol–water partition coefficient (Wildman–Crippen LogP) is 4.52. The van der Waals surface area contributed by atoms with Crippen LogP contribution in [0.1, 0.15) is 52.6 Å². The first-order valence-electron chi connectivity index (χ1n) is 8.25. The Morgan fingerprint density at radius 1 is 1.48 bits per heavy atom. The van der Waals surface area contributed by atoms with Crippen molar-refractivity contribution in [2.75, 3.05) is 19.6 Å². The van der Waals surface area contributed by atoms with Crippen LogP contribution in [0.4, 0.5) is 4.79 Å². The molecule has 130 valence electrons. The first kappa shape index (κ1) is 18.6. The van der Waals surface area contributed by atoms with Gasteiger partial charge in [0.2, 0.25) is 0 Å². The Morgan fingerprint density at radius 2 is 2.22 bits per heavy atom. The van der Waals surface area contributed by atoms with Gasteiger partial charge in [-0.3, -0.25) is 0 Å². The number of likely N-dealkylation sites (N-methyl/N-ethyl adjacent to an activating group) is 1. The van der Waals surface area contributed by atoms with E-state index in [0.29, 0.717) is 24.4 Å². The Balaban J connectivity index is 1.85. The van der Waals surface area contributed by atoms with Crippen LogP contribution in [0.5, 0.6) is 0 Å². The first-order chi connectivity index (χ1) is 10.8. The highest BCUT2D eigenvalue weighted by Crippen LogP contribution is 2.43. The van der Waals surface area contributed by atoms with Gasteiger partial charge in [-0.05, 0) is 51.1 Å². The molecule has 0 spiro atoms. The number of ether oxygens (including phenoxy) is 1. The number of amides is 1. The zero-order chi connectivity index (χ0) is 17.0. The zero-order valence-electron chi connectivity index (χ0n) is 14.7. The molecule has 2 rings (SSSR count). The van der Waals surface area contributed by atoms with Crippen molar-refractivity contribution in [2.45, 2.75) is 62.1 Å². The number of thiophene rings is 1. The molecule has 2 atom stereocenters. The molecule has 1 aromatic rings. The van der Waals surface area contributed by atoms with Gasteiger partial charge in [0, 0.05) is 30.9 Å².